The van der Waals surface area contributed by atoms with Crippen LogP contribution in [0.3, 0.4) is 0 Å². The summed E-state index contributed by atoms with van der Waals surface area (Å²) >= 11 is 0. The number of carbonyl (C=O) groups excluding carboxylic acids is 1. The lowest BCUT2D eigenvalue weighted by atomic mass is 9.96. The van der Waals surface area contributed by atoms with E-state index in [9.17, 15) is 9.59 Å². The van der Waals surface area contributed by atoms with Gasteiger partial charge in [0.2, 0.25) is 0 Å². The summed E-state index contributed by atoms with van der Waals surface area (Å²) < 4.78 is 5.13. The quantitative estimate of drug-likeness (QED) is 0.742. The molecule has 6 heteroatoms. The second kappa shape index (κ2) is 7.33. The molecule has 1 aliphatic rings. The molecule has 0 saturated heterocycles. The Bertz CT molecular complexity index is 516. The molecule has 0 saturated carbocycles. The molecule has 21 heavy (non-hydrogen) atoms. The maximum Gasteiger partial charge on any atom is 0.407 e. The molecule has 1 aliphatic carbocycles. The Morgan fingerprint density at radius 3 is 2.33 bits per heavy atom. The van der Waals surface area contributed by atoms with E-state index in [1.165, 1.54) is 0 Å². The first-order chi connectivity index (χ1) is 10.1. The summed E-state index contributed by atoms with van der Waals surface area (Å²) in [6, 6.07) is 8.73. The zero-order valence-corrected chi connectivity index (χ0v) is 11.5. The molecule has 6 nitrogen and oxygen atoms in total. The van der Waals surface area contributed by atoms with Crippen molar-refractivity contribution in [2.24, 2.45) is 0 Å². The molecule has 0 bridgehead atoms. The summed E-state index contributed by atoms with van der Waals surface area (Å²) in [5, 5.41) is 13.9. The molecule has 0 heterocycles. The van der Waals surface area contributed by atoms with Crippen LogP contribution in [0.15, 0.2) is 42.5 Å². The van der Waals surface area contributed by atoms with E-state index in [-0.39, 0.29) is 18.7 Å². The highest BCUT2D eigenvalue weighted by molar-refractivity contribution is 5.68. The molecule has 1 aromatic rings. The molecule has 2 amide bonds. The molecular weight excluding hydrogens is 272 g/mol. The van der Waals surface area contributed by atoms with E-state index in [0.717, 1.165) is 5.56 Å². The van der Waals surface area contributed by atoms with Crippen molar-refractivity contribution in [3.63, 3.8) is 0 Å². The summed E-state index contributed by atoms with van der Waals surface area (Å²) in [6.45, 7) is 0.187. The summed E-state index contributed by atoms with van der Waals surface area (Å²) in [5.41, 5.74) is 0.899. The van der Waals surface area contributed by atoms with Gasteiger partial charge in [-0.15, -0.1) is 0 Å². The maximum absolute atomic E-state index is 11.8. The van der Waals surface area contributed by atoms with Crippen molar-refractivity contribution in [2.45, 2.75) is 31.5 Å². The molecule has 3 N–H and O–H groups in total. The standard InChI is InChI=1S/C15H18N2O4/c18-14(19)16-12-8-4-5-9-13(12)17-15(20)21-10-11-6-2-1-3-7-11/h1-7,12-13,16H,8-10H2,(H,17,20)(H,18,19)/t12?,13-/m0/s1. The largest absolute Gasteiger partial charge is 0.465 e. The fourth-order valence-corrected chi connectivity index (χ4v) is 2.21. The number of carboxylic acid groups (broad SMARTS) is 1. The number of benzene rings is 1. The van der Waals surface area contributed by atoms with Crippen molar-refractivity contribution < 1.29 is 19.4 Å². The van der Waals surface area contributed by atoms with E-state index in [4.69, 9.17) is 9.84 Å². The highest BCUT2D eigenvalue weighted by atomic mass is 16.5. The third-order valence-corrected chi connectivity index (χ3v) is 3.26. The van der Waals surface area contributed by atoms with E-state index < -0.39 is 12.2 Å². The van der Waals surface area contributed by atoms with Crippen molar-refractivity contribution in [1.29, 1.82) is 0 Å². The van der Waals surface area contributed by atoms with Crippen molar-refractivity contribution in [3.05, 3.63) is 48.0 Å². The van der Waals surface area contributed by atoms with Crippen LogP contribution in [0.1, 0.15) is 18.4 Å². The number of carbonyl (C=O) groups is 2. The number of amides is 2. The maximum atomic E-state index is 11.8. The van der Waals surface area contributed by atoms with Gasteiger partial charge in [0, 0.05) is 0 Å². The van der Waals surface area contributed by atoms with Crippen molar-refractivity contribution in [3.8, 4) is 0 Å². The van der Waals surface area contributed by atoms with Gasteiger partial charge in [-0.3, -0.25) is 0 Å². The van der Waals surface area contributed by atoms with E-state index in [0.29, 0.717) is 12.8 Å². The van der Waals surface area contributed by atoms with Gasteiger partial charge in [-0.25, -0.2) is 9.59 Å². The van der Waals surface area contributed by atoms with Crippen LogP contribution >= 0.6 is 0 Å². The minimum atomic E-state index is -1.10. The van der Waals surface area contributed by atoms with Crippen LogP contribution in [0, 0.1) is 0 Å². The van der Waals surface area contributed by atoms with Crippen LogP contribution in [0.25, 0.3) is 0 Å². The summed E-state index contributed by atoms with van der Waals surface area (Å²) in [4.78, 5) is 22.5. The number of hydrogen-bond acceptors (Lipinski definition) is 3. The molecule has 0 aliphatic heterocycles. The number of ether oxygens (including phenoxy) is 1. The smallest absolute Gasteiger partial charge is 0.407 e. The summed E-state index contributed by atoms with van der Waals surface area (Å²) in [6.07, 6.45) is 3.30. The lowest BCUT2D eigenvalue weighted by molar-refractivity contribution is 0.131. The van der Waals surface area contributed by atoms with Gasteiger partial charge < -0.3 is 20.5 Å². The Hall–Kier alpha value is -2.50. The number of rotatable bonds is 4. The third-order valence-electron chi connectivity index (χ3n) is 3.26. The fraction of sp³-hybridized carbons (Fsp3) is 0.333. The van der Waals surface area contributed by atoms with E-state index in [2.05, 4.69) is 10.6 Å². The zero-order valence-electron chi connectivity index (χ0n) is 11.5. The van der Waals surface area contributed by atoms with Gasteiger partial charge in [0.1, 0.15) is 6.61 Å². The Balaban J connectivity index is 1.83. The number of hydrogen-bond donors (Lipinski definition) is 3. The normalized spacial score (nSPS) is 20.6. The highest BCUT2D eigenvalue weighted by Crippen LogP contribution is 2.12. The highest BCUT2D eigenvalue weighted by Gasteiger charge is 2.25. The number of nitrogens with one attached hydrogen (secondary N) is 2. The van der Waals surface area contributed by atoms with Crippen molar-refractivity contribution in [1.82, 2.24) is 10.6 Å². The monoisotopic (exact) mass is 290 g/mol. The molecule has 2 atom stereocenters. The fourth-order valence-electron chi connectivity index (χ4n) is 2.21. The predicted molar refractivity (Wildman–Crippen MR) is 76.9 cm³/mol. The minimum Gasteiger partial charge on any atom is -0.465 e. The van der Waals surface area contributed by atoms with Gasteiger partial charge in [0.05, 0.1) is 12.1 Å². The average Bonchev–Trinajstić information content (AvgIpc) is 2.48. The molecule has 1 unspecified atom stereocenters. The van der Waals surface area contributed by atoms with Crippen LogP contribution in [-0.2, 0) is 11.3 Å². The topological polar surface area (TPSA) is 87.7 Å². The van der Waals surface area contributed by atoms with Crippen LogP contribution < -0.4 is 10.6 Å². The first-order valence-corrected chi connectivity index (χ1v) is 6.77. The van der Waals surface area contributed by atoms with E-state index in [1.54, 1.807) is 0 Å². The van der Waals surface area contributed by atoms with Gasteiger partial charge in [0.25, 0.3) is 0 Å². The molecule has 112 valence electrons. The molecule has 0 spiro atoms. The van der Waals surface area contributed by atoms with Crippen molar-refractivity contribution >= 4 is 12.2 Å². The second-order valence-electron chi connectivity index (χ2n) is 4.81. The Labute approximate surface area is 122 Å². The number of alkyl carbamates (subject to hydrolysis) is 1. The lowest BCUT2D eigenvalue weighted by Gasteiger charge is -2.28. The Kier molecular flexibility index (Phi) is 5.20. The van der Waals surface area contributed by atoms with Crippen LogP contribution in [-0.4, -0.2) is 29.4 Å². The third kappa shape index (κ3) is 4.83. The summed E-state index contributed by atoms with van der Waals surface area (Å²) in [7, 11) is 0. The Morgan fingerprint density at radius 1 is 1.10 bits per heavy atom. The van der Waals surface area contributed by atoms with E-state index in [1.807, 2.05) is 42.5 Å². The van der Waals surface area contributed by atoms with Gasteiger partial charge in [-0.1, -0.05) is 42.5 Å². The second-order valence-corrected chi connectivity index (χ2v) is 4.81. The molecule has 2 rings (SSSR count). The predicted octanol–water partition coefficient (Wildman–Crippen LogP) is 2.27. The van der Waals surface area contributed by atoms with E-state index >= 15 is 0 Å². The van der Waals surface area contributed by atoms with Crippen LogP contribution in [0.2, 0.25) is 0 Å². The van der Waals surface area contributed by atoms with Gasteiger partial charge in [-0.2, -0.15) is 0 Å². The average molecular weight is 290 g/mol. The molecular formula is C15H18N2O4. The van der Waals surface area contributed by atoms with Crippen molar-refractivity contribution in [2.75, 3.05) is 0 Å². The summed E-state index contributed by atoms with van der Waals surface area (Å²) in [5.74, 6) is 0. The first kappa shape index (κ1) is 14.9. The first-order valence-electron chi connectivity index (χ1n) is 6.77. The molecule has 1 aromatic carbocycles. The van der Waals surface area contributed by atoms with Crippen LogP contribution in [0.5, 0.6) is 0 Å². The van der Waals surface area contributed by atoms with Crippen LogP contribution in [0.4, 0.5) is 9.59 Å². The van der Waals surface area contributed by atoms with Gasteiger partial charge in [-0.05, 0) is 18.4 Å². The Morgan fingerprint density at radius 2 is 1.71 bits per heavy atom. The zero-order chi connectivity index (χ0) is 15.1. The van der Waals surface area contributed by atoms with Gasteiger partial charge >= 0.3 is 12.2 Å². The minimum absolute atomic E-state index is 0.187. The molecule has 0 radical (unpaired) electrons. The molecule has 0 fully saturated rings. The SMILES string of the molecule is O=C(O)NC1CC=CC[C@@H]1NC(=O)OCc1ccccc1. The molecule has 0 aromatic heterocycles. The lowest BCUT2D eigenvalue weighted by Crippen LogP contribution is -2.52. The van der Waals surface area contributed by atoms with Gasteiger partial charge in [0.15, 0.2) is 0 Å².